The Bertz CT molecular complexity index is 3080. The van der Waals surface area contributed by atoms with E-state index in [9.17, 15) is 0 Å². The van der Waals surface area contributed by atoms with Gasteiger partial charge in [-0.1, -0.05) is 184 Å². The van der Waals surface area contributed by atoms with Gasteiger partial charge in [0.25, 0.3) is 0 Å². The summed E-state index contributed by atoms with van der Waals surface area (Å²) in [6.07, 6.45) is 67.5. The number of allylic oxidation sites excluding steroid dienone is 24. The average molecular weight is 965 g/mol. The predicted octanol–water partition coefficient (Wildman–Crippen LogP) is 15.7. The van der Waals surface area contributed by atoms with Crippen molar-refractivity contribution < 1.29 is 0 Å². The van der Waals surface area contributed by atoms with E-state index in [1.807, 2.05) is 0 Å². The largest absolute Gasteiger partial charge is 0.357 e. The number of para-hydroxylation sites is 1. The topological polar surface area (TPSA) is 39.7 Å². The molecule has 2 aromatic rings. The lowest BCUT2D eigenvalue weighted by Crippen LogP contribution is -2.60. The summed E-state index contributed by atoms with van der Waals surface area (Å²) in [7, 11) is 0. The van der Waals surface area contributed by atoms with Gasteiger partial charge < -0.3 is 10.2 Å². The van der Waals surface area contributed by atoms with Gasteiger partial charge in [0.15, 0.2) is 0 Å². The van der Waals surface area contributed by atoms with Crippen LogP contribution < -0.4 is 15.5 Å². The first-order valence-electron chi connectivity index (χ1n) is 27.7. The second kappa shape index (κ2) is 18.6. The van der Waals surface area contributed by atoms with E-state index in [0.29, 0.717) is 23.8 Å². The van der Waals surface area contributed by atoms with Crippen molar-refractivity contribution in [1.82, 2.24) is 10.6 Å². The van der Waals surface area contributed by atoms with E-state index in [1.165, 1.54) is 73.7 Å². The minimum absolute atomic E-state index is 0.0401. The number of anilines is 1. The van der Waals surface area contributed by atoms with Gasteiger partial charge in [-0.3, -0.25) is 5.32 Å². The van der Waals surface area contributed by atoms with Gasteiger partial charge in [0, 0.05) is 56.1 Å². The minimum Gasteiger partial charge on any atom is -0.357 e. The Morgan fingerprint density at radius 1 is 0.750 bits per heavy atom. The van der Waals surface area contributed by atoms with Crippen LogP contribution in [0.4, 0.5) is 5.69 Å². The summed E-state index contributed by atoms with van der Waals surface area (Å²) in [6, 6.07) is 9.74. The number of aliphatic imine (C=N–C) groups is 1. The van der Waals surface area contributed by atoms with Crippen molar-refractivity contribution in [2.75, 3.05) is 4.90 Å². The Balaban J connectivity index is 0.965. The molecule has 0 saturated heterocycles. The van der Waals surface area contributed by atoms with Gasteiger partial charge >= 0.3 is 0 Å². The number of hydrogen-bond donors (Lipinski definition) is 2. The lowest BCUT2D eigenvalue weighted by molar-refractivity contribution is 0.302. The molecule has 1 aromatic heterocycles. The van der Waals surface area contributed by atoms with Gasteiger partial charge in [0.1, 0.15) is 12.0 Å². The van der Waals surface area contributed by atoms with Crippen LogP contribution in [-0.2, 0) is 12.0 Å². The van der Waals surface area contributed by atoms with Gasteiger partial charge in [-0.05, 0) is 141 Å². The number of thiophene rings is 1. The van der Waals surface area contributed by atoms with Crippen molar-refractivity contribution in [3.8, 4) is 0 Å². The van der Waals surface area contributed by atoms with Crippen molar-refractivity contribution in [2.24, 2.45) is 40.0 Å². The molecule has 2 aliphatic heterocycles. The first-order chi connectivity index (χ1) is 35.3. The van der Waals surface area contributed by atoms with Crippen LogP contribution >= 0.6 is 11.3 Å². The molecule has 72 heavy (non-hydrogen) atoms. The van der Waals surface area contributed by atoms with Crippen molar-refractivity contribution in [1.29, 1.82) is 0 Å². The molecule has 13 rings (SSSR count). The highest BCUT2D eigenvalue weighted by molar-refractivity contribution is 7.14. The normalized spacial score (nSPS) is 35.1. The molecule has 0 amide bonds. The highest BCUT2D eigenvalue weighted by atomic mass is 32.1. The molecular formula is C67H72N4S. The van der Waals surface area contributed by atoms with E-state index in [1.54, 1.807) is 16.7 Å². The second-order valence-electron chi connectivity index (χ2n) is 22.9. The SMILES string of the molecule is CC1CC=CC=C1C1=CC=CC(C)(C2=CC=CCC2)C1C1=CC=C(C2=CCCc3c2sc2c3C3(C)C(C=C2)c2ccccc2N3C2C=CCCC2)C(C2NC(C3C=CC=CC3C)=NC(C3=CC=CCC3)N2)C1. The third-order valence-electron chi connectivity index (χ3n) is 18.7. The van der Waals surface area contributed by atoms with Gasteiger partial charge in [0.2, 0.25) is 0 Å². The summed E-state index contributed by atoms with van der Waals surface area (Å²) in [6.45, 7) is 9.94. The van der Waals surface area contributed by atoms with Crippen molar-refractivity contribution in [3.63, 3.8) is 0 Å². The molecule has 9 aliphatic carbocycles. The van der Waals surface area contributed by atoms with E-state index < -0.39 is 0 Å². The summed E-state index contributed by atoms with van der Waals surface area (Å²) in [5.74, 6) is 2.78. The molecule has 1 aromatic carbocycles. The van der Waals surface area contributed by atoms with Crippen LogP contribution in [0.5, 0.6) is 0 Å². The summed E-state index contributed by atoms with van der Waals surface area (Å²) in [5.41, 5.74) is 16.1. The highest BCUT2D eigenvalue weighted by Gasteiger charge is 2.55. The highest BCUT2D eigenvalue weighted by Crippen LogP contribution is 2.62. The summed E-state index contributed by atoms with van der Waals surface area (Å²) in [4.78, 5) is 11.4. The lowest BCUT2D eigenvalue weighted by atomic mass is 9.58. The molecule has 11 aliphatic rings. The minimum atomic E-state index is -0.170. The molecular weight excluding hydrogens is 893 g/mol. The maximum Gasteiger partial charge on any atom is 0.125 e. The molecule has 0 fully saturated rings. The Morgan fingerprint density at radius 2 is 1.60 bits per heavy atom. The fourth-order valence-corrected chi connectivity index (χ4v) is 16.5. The van der Waals surface area contributed by atoms with E-state index in [-0.39, 0.29) is 41.0 Å². The average Bonchev–Trinajstić information content (AvgIpc) is 3.95. The van der Waals surface area contributed by atoms with Gasteiger partial charge in [-0.25, -0.2) is 4.99 Å². The third kappa shape index (κ3) is 7.57. The standard InChI is InChI=1S/C67H72N4S/c1-43-22-14-16-30-49(43)52-35-21-41-66(3,47-26-10-6-11-27-47)60(52)46-37-38-51(56(42-46)65-69-63(45-24-8-5-9-25-45)68-64(70-65)50-31-17-15-23-44(50)2)53-33-20-34-55-61-59(72-62(53)55)40-39-57-54-32-18-19-36-58(54)71(67(57,61)4)48-28-12-7-13-29-48/h5-6,8,10,12,14-19,21,23-24,26,28,30-33,35-41,43-44,48,50,56-57,60,63,65,69H,7,9,11,13,20,22,25,27,29,34,42H2,1-4H3,(H,68,70). The molecule has 3 heterocycles. The molecule has 5 heteroatoms. The van der Waals surface area contributed by atoms with Gasteiger partial charge in [-0.2, -0.15) is 0 Å². The first-order valence-corrected chi connectivity index (χ1v) is 28.6. The van der Waals surface area contributed by atoms with E-state index in [2.05, 4.69) is 219 Å². The molecule has 0 radical (unpaired) electrons. The third-order valence-corrected chi connectivity index (χ3v) is 19.9. The molecule has 0 spiro atoms. The van der Waals surface area contributed by atoms with Gasteiger partial charge in [0.05, 0.1) is 11.7 Å². The zero-order valence-electron chi connectivity index (χ0n) is 42.9. The summed E-state index contributed by atoms with van der Waals surface area (Å²) >= 11 is 2.07. The number of nitrogens with one attached hydrogen (secondary N) is 2. The van der Waals surface area contributed by atoms with Crippen LogP contribution in [0.15, 0.2) is 196 Å². The summed E-state index contributed by atoms with van der Waals surface area (Å²) < 4.78 is 0. The van der Waals surface area contributed by atoms with Gasteiger partial charge in [-0.15, -0.1) is 11.3 Å². The predicted molar refractivity (Wildman–Crippen MR) is 305 cm³/mol. The van der Waals surface area contributed by atoms with Crippen molar-refractivity contribution in [3.05, 3.63) is 218 Å². The monoisotopic (exact) mass is 965 g/mol. The van der Waals surface area contributed by atoms with Crippen molar-refractivity contribution in [2.45, 2.75) is 128 Å². The Labute approximate surface area is 433 Å². The maximum absolute atomic E-state index is 5.62. The van der Waals surface area contributed by atoms with Crippen LogP contribution in [0.1, 0.15) is 124 Å². The molecule has 366 valence electrons. The maximum atomic E-state index is 5.62. The number of rotatable bonds is 8. The molecule has 0 saturated carbocycles. The molecule has 0 bridgehead atoms. The smallest absolute Gasteiger partial charge is 0.125 e. The van der Waals surface area contributed by atoms with E-state index >= 15 is 0 Å². The van der Waals surface area contributed by atoms with Crippen LogP contribution in [0.2, 0.25) is 0 Å². The number of amidine groups is 1. The van der Waals surface area contributed by atoms with Crippen molar-refractivity contribution >= 4 is 34.5 Å². The van der Waals surface area contributed by atoms with Crippen LogP contribution in [0.25, 0.3) is 11.6 Å². The summed E-state index contributed by atoms with van der Waals surface area (Å²) in [5, 5.41) is 8.50. The van der Waals surface area contributed by atoms with Crippen LogP contribution in [0, 0.1) is 35.0 Å². The Morgan fingerprint density at radius 3 is 2.42 bits per heavy atom. The molecule has 11 atom stereocenters. The van der Waals surface area contributed by atoms with E-state index in [4.69, 9.17) is 4.99 Å². The second-order valence-corrected chi connectivity index (χ2v) is 24.0. The lowest BCUT2D eigenvalue weighted by Gasteiger charge is -2.47. The molecule has 2 N–H and O–H groups in total. The van der Waals surface area contributed by atoms with E-state index in [0.717, 1.165) is 57.2 Å². The molecule has 11 unspecified atom stereocenters. The Kier molecular flexibility index (Phi) is 11.9. The first kappa shape index (κ1) is 46.1. The number of hydrogen-bond acceptors (Lipinski definition) is 5. The number of fused-ring (bicyclic) bond motifs is 7. The number of benzene rings is 1. The zero-order valence-corrected chi connectivity index (χ0v) is 43.7. The quantitative estimate of drug-likeness (QED) is 0.259. The fourth-order valence-electron chi connectivity index (χ4n) is 15.1. The van der Waals surface area contributed by atoms with Crippen LogP contribution in [0.3, 0.4) is 0 Å². The Hall–Kier alpha value is -5.75. The zero-order chi connectivity index (χ0) is 48.6. The van der Waals surface area contributed by atoms with Crippen LogP contribution in [-0.4, -0.2) is 24.2 Å². The fraction of sp³-hybridized carbons (Fsp3) is 0.388. The number of nitrogens with zero attached hydrogens (tertiary/aromatic N) is 2. The molecule has 4 nitrogen and oxygen atoms in total.